The third kappa shape index (κ3) is 1.80. The summed E-state index contributed by atoms with van der Waals surface area (Å²) in [6.45, 7) is 0. The van der Waals surface area contributed by atoms with Crippen molar-refractivity contribution in [2.45, 2.75) is 0 Å². The first-order valence-electron chi connectivity index (χ1n) is 5.37. The molecule has 0 aliphatic heterocycles. The Kier molecular flexibility index (Phi) is 2.45. The number of hydrogen-bond acceptors (Lipinski definition) is 5. The first-order chi connectivity index (χ1) is 8.84. The molecule has 2 N–H and O–H groups in total. The largest absolute Gasteiger partial charge is 0.396 e. The molecule has 3 rings (SSSR count). The molecule has 0 aromatic carbocycles. The molecule has 0 fully saturated rings. The Hall–Kier alpha value is -2.76. The van der Waals surface area contributed by atoms with Crippen LogP contribution in [0.15, 0.2) is 49.2 Å². The molecular formula is C12H10N6. The van der Waals surface area contributed by atoms with Gasteiger partial charge in [0, 0.05) is 18.6 Å². The molecule has 0 amide bonds. The Labute approximate surface area is 103 Å². The van der Waals surface area contributed by atoms with E-state index >= 15 is 0 Å². The molecule has 0 unspecified atom stereocenters. The molecule has 88 valence electrons. The zero-order valence-electron chi connectivity index (χ0n) is 9.43. The van der Waals surface area contributed by atoms with Crippen LogP contribution in [0.5, 0.6) is 0 Å². The summed E-state index contributed by atoms with van der Waals surface area (Å²) in [5.41, 5.74) is 7.72. The normalized spacial score (nSPS) is 10.4. The van der Waals surface area contributed by atoms with E-state index in [9.17, 15) is 0 Å². The molecular weight excluding hydrogens is 228 g/mol. The van der Waals surface area contributed by atoms with Crippen LogP contribution in [0.2, 0.25) is 0 Å². The first-order valence-corrected chi connectivity index (χ1v) is 5.37. The Morgan fingerprint density at radius 2 is 2.00 bits per heavy atom. The second-order valence-electron chi connectivity index (χ2n) is 3.66. The summed E-state index contributed by atoms with van der Waals surface area (Å²) >= 11 is 0. The molecule has 6 nitrogen and oxygen atoms in total. The van der Waals surface area contributed by atoms with E-state index in [2.05, 4.69) is 20.1 Å². The van der Waals surface area contributed by atoms with Crippen LogP contribution in [0, 0.1) is 0 Å². The van der Waals surface area contributed by atoms with Crippen molar-refractivity contribution in [3.05, 3.63) is 49.2 Å². The maximum absolute atomic E-state index is 5.93. The van der Waals surface area contributed by atoms with E-state index in [-0.39, 0.29) is 0 Å². The summed E-state index contributed by atoms with van der Waals surface area (Å²) < 4.78 is 1.62. The van der Waals surface area contributed by atoms with Gasteiger partial charge in [-0.3, -0.25) is 9.97 Å². The lowest BCUT2D eigenvalue weighted by molar-refractivity contribution is 0.848. The highest BCUT2D eigenvalue weighted by atomic mass is 15.3. The Bertz CT molecular complexity index is 647. The Morgan fingerprint density at radius 1 is 1.06 bits per heavy atom. The van der Waals surface area contributed by atoms with Crippen LogP contribution in [0.4, 0.5) is 5.69 Å². The van der Waals surface area contributed by atoms with Crippen LogP contribution < -0.4 is 5.73 Å². The molecule has 6 heteroatoms. The topological polar surface area (TPSA) is 82.5 Å². The van der Waals surface area contributed by atoms with E-state index in [4.69, 9.17) is 5.73 Å². The molecule has 3 aromatic rings. The summed E-state index contributed by atoms with van der Waals surface area (Å²) in [5, 5.41) is 4.38. The molecule has 3 aromatic heterocycles. The second kappa shape index (κ2) is 4.25. The molecule has 0 aliphatic carbocycles. The summed E-state index contributed by atoms with van der Waals surface area (Å²) in [4.78, 5) is 12.4. The van der Waals surface area contributed by atoms with Crippen molar-refractivity contribution in [3.63, 3.8) is 0 Å². The zero-order valence-corrected chi connectivity index (χ0v) is 9.43. The first kappa shape index (κ1) is 10.4. The van der Waals surface area contributed by atoms with Crippen LogP contribution in [0.25, 0.3) is 17.2 Å². The fourth-order valence-electron chi connectivity index (χ4n) is 1.61. The highest BCUT2D eigenvalue weighted by Crippen LogP contribution is 2.22. The van der Waals surface area contributed by atoms with Gasteiger partial charge in [-0.1, -0.05) is 6.07 Å². The zero-order chi connectivity index (χ0) is 12.4. The third-order valence-electron chi connectivity index (χ3n) is 2.43. The highest BCUT2D eigenvalue weighted by molar-refractivity contribution is 5.68. The van der Waals surface area contributed by atoms with Crippen molar-refractivity contribution >= 4 is 5.69 Å². The lowest BCUT2D eigenvalue weighted by atomic mass is 10.3. The van der Waals surface area contributed by atoms with Gasteiger partial charge >= 0.3 is 0 Å². The molecule has 0 aliphatic rings. The minimum Gasteiger partial charge on any atom is -0.396 e. The van der Waals surface area contributed by atoms with Gasteiger partial charge in [-0.25, -0.2) is 9.67 Å². The van der Waals surface area contributed by atoms with Crippen molar-refractivity contribution in [2.75, 3.05) is 5.73 Å². The van der Waals surface area contributed by atoms with E-state index in [0.717, 1.165) is 0 Å². The maximum Gasteiger partial charge on any atom is 0.153 e. The van der Waals surface area contributed by atoms with Crippen molar-refractivity contribution in [2.24, 2.45) is 0 Å². The number of aromatic nitrogens is 5. The van der Waals surface area contributed by atoms with Gasteiger partial charge in [-0.15, -0.1) is 0 Å². The summed E-state index contributed by atoms with van der Waals surface area (Å²) in [5.74, 6) is 0.708. The number of anilines is 1. The van der Waals surface area contributed by atoms with Gasteiger partial charge < -0.3 is 5.73 Å². The summed E-state index contributed by atoms with van der Waals surface area (Å²) in [6.07, 6.45) is 8.26. The monoisotopic (exact) mass is 238 g/mol. The fraction of sp³-hybridized carbons (Fsp3) is 0. The fourth-order valence-corrected chi connectivity index (χ4v) is 1.61. The molecule has 0 radical (unpaired) electrons. The van der Waals surface area contributed by atoms with Gasteiger partial charge in [0.1, 0.15) is 11.4 Å². The summed E-state index contributed by atoms with van der Waals surface area (Å²) in [7, 11) is 0. The predicted molar refractivity (Wildman–Crippen MR) is 66.8 cm³/mol. The van der Waals surface area contributed by atoms with Crippen molar-refractivity contribution in [1.29, 1.82) is 0 Å². The standard InChI is InChI=1S/C12H10N6/c13-9-8-18(11-3-1-2-4-16-11)17-12(9)10-7-14-5-6-15-10/h1-8H,13H2. The van der Waals surface area contributed by atoms with Crippen LogP contribution in [-0.4, -0.2) is 24.7 Å². The molecule has 0 saturated heterocycles. The average Bonchev–Trinajstić information content (AvgIpc) is 2.83. The van der Waals surface area contributed by atoms with E-state index in [1.165, 1.54) is 0 Å². The molecule has 18 heavy (non-hydrogen) atoms. The minimum absolute atomic E-state index is 0.543. The van der Waals surface area contributed by atoms with Crippen LogP contribution in [0.1, 0.15) is 0 Å². The predicted octanol–water partition coefficient (Wildman–Crippen LogP) is 1.31. The lowest BCUT2D eigenvalue weighted by Crippen LogP contribution is -1.97. The maximum atomic E-state index is 5.93. The van der Waals surface area contributed by atoms with Crippen LogP contribution >= 0.6 is 0 Å². The van der Waals surface area contributed by atoms with Gasteiger partial charge in [0.25, 0.3) is 0 Å². The number of nitrogens with two attached hydrogens (primary N) is 1. The van der Waals surface area contributed by atoms with Gasteiger partial charge in [0.2, 0.25) is 0 Å². The number of pyridine rings is 1. The molecule has 0 saturated carbocycles. The molecule has 0 spiro atoms. The van der Waals surface area contributed by atoms with Crippen molar-refractivity contribution in [1.82, 2.24) is 24.7 Å². The average molecular weight is 238 g/mol. The van der Waals surface area contributed by atoms with Crippen molar-refractivity contribution < 1.29 is 0 Å². The molecule has 0 bridgehead atoms. The van der Waals surface area contributed by atoms with E-state index in [1.807, 2.05) is 18.2 Å². The van der Waals surface area contributed by atoms with Gasteiger partial charge in [0.05, 0.1) is 18.1 Å². The number of hydrogen-bond donors (Lipinski definition) is 1. The van der Waals surface area contributed by atoms with E-state index in [0.29, 0.717) is 22.9 Å². The molecule has 3 heterocycles. The summed E-state index contributed by atoms with van der Waals surface area (Å²) in [6, 6.07) is 5.59. The third-order valence-corrected chi connectivity index (χ3v) is 2.43. The number of nitrogen functional groups attached to an aromatic ring is 1. The minimum atomic E-state index is 0.543. The van der Waals surface area contributed by atoms with E-state index in [1.54, 1.807) is 35.7 Å². The number of nitrogens with zero attached hydrogens (tertiary/aromatic N) is 5. The Balaban J connectivity index is 2.07. The SMILES string of the molecule is Nc1cn(-c2ccccn2)nc1-c1cnccn1. The molecule has 0 atom stereocenters. The van der Waals surface area contributed by atoms with E-state index < -0.39 is 0 Å². The quantitative estimate of drug-likeness (QED) is 0.727. The number of rotatable bonds is 2. The second-order valence-corrected chi connectivity index (χ2v) is 3.66. The van der Waals surface area contributed by atoms with Crippen LogP contribution in [-0.2, 0) is 0 Å². The Morgan fingerprint density at radius 3 is 2.72 bits per heavy atom. The van der Waals surface area contributed by atoms with Gasteiger partial charge in [-0.05, 0) is 12.1 Å². The van der Waals surface area contributed by atoms with Gasteiger partial charge in [-0.2, -0.15) is 5.10 Å². The van der Waals surface area contributed by atoms with Crippen molar-refractivity contribution in [3.8, 4) is 17.2 Å². The smallest absolute Gasteiger partial charge is 0.153 e. The van der Waals surface area contributed by atoms with Crippen LogP contribution in [0.3, 0.4) is 0 Å². The lowest BCUT2D eigenvalue weighted by Gasteiger charge is -1.98. The highest BCUT2D eigenvalue weighted by Gasteiger charge is 2.10. The van der Waals surface area contributed by atoms with Gasteiger partial charge in [0.15, 0.2) is 5.82 Å².